The van der Waals surface area contributed by atoms with E-state index in [-0.39, 0.29) is 6.10 Å². The van der Waals surface area contributed by atoms with Gasteiger partial charge in [0.15, 0.2) is 5.79 Å². The summed E-state index contributed by atoms with van der Waals surface area (Å²) < 4.78 is 16.3. The van der Waals surface area contributed by atoms with Crippen LogP contribution in [0, 0.1) is 0 Å². The molecule has 0 heterocycles. The van der Waals surface area contributed by atoms with Crippen LogP contribution in [0.4, 0.5) is 0 Å². The van der Waals surface area contributed by atoms with Gasteiger partial charge in [-0.25, -0.2) is 0 Å². The van der Waals surface area contributed by atoms with Crippen molar-refractivity contribution in [1.29, 1.82) is 0 Å². The smallest absolute Gasteiger partial charge is 0.194 e. The zero-order valence-corrected chi connectivity index (χ0v) is 8.84. The van der Waals surface area contributed by atoms with E-state index in [1.54, 1.807) is 14.2 Å². The Morgan fingerprint density at radius 1 is 1.31 bits per heavy atom. The van der Waals surface area contributed by atoms with Crippen molar-refractivity contribution in [2.24, 2.45) is 0 Å². The fourth-order valence-electron chi connectivity index (χ4n) is 1.63. The molecule has 78 valence electrons. The fourth-order valence-corrected chi connectivity index (χ4v) is 1.63. The minimum Gasteiger partial charge on any atom is -0.373 e. The average molecular weight is 188 g/mol. The van der Waals surface area contributed by atoms with Gasteiger partial charge < -0.3 is 14.2 Å². The number of hydrogen-bond donors (Lipinski definition) is 0. The lowest BCUT2D eigenvalue weighted by atomic mass is 9.87. The van der Waals surface area contributed by atoms with Gasteiger partial charge in [0.05, 0.1) is 0 Å². The number of hydrogen-bond acceptors (Lipinski definition) is 3. The lowest BCUT2D eigenvalue weighted by Gasteiger charge is -2.46. The van der Waals surface area contributed by atoms with Crippen molar-refractivity contribution in [3.8, 4) is 0 Å². The molecule has 0 radical (unpaired) electrons. The van der Waals surface area contributed by atoms with Gasteiger partial charge >= 0.3 is 0 Å². The molecule has 3 heteroatoms. The van der Waals surface area contributed by atoms with Crippen LogP contribution >= 0.6 is 0 Å². The van der Waals surface area contributed by atoms with Gasteiger partial charge in [-0.3, -0.25) is 0 Å². The molecule has 13 heavy (non-hydrogen) atoms. The van der Waals surface area contributed by atoms with Crippen LogP contribution in [0.25, 0.3) is 0 Å². The van der Waals surface area contributed by atoms with Crippen LogP contribution in [0.1, 0.15) is 32.6 Å². The van der Waals surface area contributed by atoms with Crippen molar-refractivity contribution in [2.45, 2.75) is 44.5 Å². The third kappa shape index (κ3) is 2.22. The van der Waals surface area contributed by atoms with Gasteiger partial charge in [0.1, 0.15) is 6.10 Å². The molecule has 0 N–H and O–H groups in total. The van der Waals surface area contributed by atoms with E-state index in [4.69, 9.17) is 14.2 Å². The Kier molecular flexibility index (Phi) is 4.16. The van der Waals surface area contributed by atoms with E-state index in [9.17, 15) is 0 Å². The summed E-state index contributed by atoms with van der Waals surface area (Å²) in [5.41, 5.74) is 0. The maximum absolute atomic E-state index is 5.67. The van der Waals surface area contributed by atoms with E-state index < -0.39 is 5.79 Å². The van der Waals surface area contributed by atoms with Crippen molar-refractivity contribution in [1.82, 2.24) is 0 Å². The summed E-state index contributed by atoms with van der Waals surface area (Å²) in [7, 11) is 3.36. The normalized spacial score (nSPS) is 25.6. The third-order valence-corrected chi connectivity index (χ3v) is 2.75. The number of unbranched alkanes of at least 4 members (excludes halogenated alkanes) is 1. The summed E-state index contributed by atoms with van der Waals surface area (Å²) in [5.74, 6) is -0.451. The van der Waals surface area contributed by atoms with Crippen LogP contribution < -0.4 is 0 Å². The Hall–Kier alpha value is -0.120. The standard InChI is InChI=1S/C10H20O3/c1-4-5-8-13-9-6-7-10(9,11-2)12-3/h9H,4-8H2,1-3H3. The van der Waals surface area contributed by atoms with E-state index in [0.29, 0.717) is 0 Å². The molecule has 3 nitrogen and oxygen atoms in total. The van der Waals surface area contributed by atoms with E-state index in [0.717, 1.165) is 25.9 Å². The van der Waals surface area contributed by atoms with E-state index in [1.807, 2.05) is 0 Å². The molecule has 0 aliphatic heterocycles. The molecule has 0 aromatic rings. The van der Waals surface area contributed by atoms with Crippen molar-refractivity contribution in [2.75, 3.05) is 20.8 Å². The summed E-state index contributed by atoms with van der Waals surface area (Å²) in [5, 5.41) is 0. The van der Waals surface area contributed by atoms with Gasteiger partial charge in [0.25, 0.3) is 0 Å². The largest absolute Gasteiger partial charge is 0.373 e. The predicted molar refractivity (Wildman–Crippen MR) is 50.6 cm³/mol. The Morgan fingerprint density at radius 2 is 2.00 bits per heavy atom. The Balaban J connectivity index is 2.26. The van der Waals surface area contributed by atoms with E-state index in [2.05, 4.69) is 6.92 Å². The van der Waals surface area contributed by atoms with Crippen LogP contribution in [0.3, 0.4) is 0 Å². The van der Waals surface area contributed by atoms with Crippen molar-refractivity contribution >= 4 is 0 Å². The fraction of sp³-hybridized carbons (Fsp3) is 1.00. The first kappa shape index (κ1) is 11.0. The van der Waals surface area contributed by atoms with Crippen molar-refractivity contribution in [3.63, 3.8) is 0 Å². The first-order valence-electron chi connectivity index (χ1n) is 5.01. The second-order valence-electron chi connectivity index (χ2n) is 3.47. The molecule has 1 atom stereocenters. The molecular formula is C10H20O3. The summed E-state index contributed by atoms with van der Waals surface area (Å²) in [6.07, 6.45) is 4.40. The lowest BCUT2D eigenvalue weighted by Crippen LogP contribution is -2.55. The Morgan fingerprint density at radius 3 is 2.38 bits per heavy atom. The highest BCUT2D eigenvalue weighted by Crippen LogP contribution is 2.38. The average Bonchev–Trinajstić information content (AvgIpc) is 2.13. The maximum atomic E-state index is 5.67. The minimum atomic E-state index is -0.451. The molecule has 0 aromatic carbocycles. The molecule has 0 saturated heterocycles. The second kappa shape index (κ2) is 4.94. The first-order chi connectivity index (χ1) is 6.29. The lowest BCUT2D eigenvalue weighted by molar-refractivity contribution is -0.316. The molecular weight excluding hydrogens is 168 g/mol. The molecule has 0 aromatic heterocycles. The molecule has 1 rings (SSSR count). The highest BCUT2D eigenvalue weighted by molar-refractivity contribution is 4.91. The molecule has 1 aliphatic carbocycles. The minimum absolute atomic E-state index is 0.133. The zero-order valence-electron chi connectivity index (χ0n) is 8.84. The Bertz CT molecular complexity index is 138. The van der Waals surface area contributed by atoms with E-state index in [1.165, 1.54) is 6.42 Å². The van der Waals surface area contributed by atoms with Gasteiger partial charge in [-0.05, 0) is 12.8 Å². The van der Waals surface area contributed by atoms with Crippen LogP contribution in [0.2, 0.25) is 0 Å². The van der Waals surface area contributed by atoms with Crippen molar-refractivity contribution in [3.05, 3.63) is 0 Å². The van der Waals surface area contributed by atoms with Gasteiger partial charge in [-0.2, -0.15) is 0 Å². The third-order valence-electron chi connectivity index (χ3n) is 2.75. The highest BCUT2D eigenvalue weighted by Gasteiger charge is 2.48. The number of ether oxygens (including phenoxy) is 3. The number of methoxy groups -OCH3 is 2. The van der Waals surface area contributed by atoms with E-state index >= 15 is 0 Å². The van der Waals surface area contributed by atoms with Gasteiger partial charge in [0, 0.05) is 27.2 Å². The summed E-state index contributed by atoms with van der Waals surface area (Å²) >= 11 is 0. The summed E-state index contributed by atoms with van der Waals surface area (Å²) in [6, 6.07) is 0. The van der Waals surface area contributed by atoms with Gasteiger partial charge in [0.2, 0.25) is 0 Å². The topological polar surface area (TPSA) is 27.7 Å². The van der Waals surface area contributed by atoms with Crippen LogP contribution in [0.5, 0.6) is 0 Å². The van der Waals surface area contributed by atoms with Crippen molar-refractivity contribution < 1.29 is 14.2 Å². The monoisotopic (exact) mass is 188 g/mol. The second-order valence-corrected chi connectivity index (χ2v) is 3.47. The molecule has 1 saturated carbocycles. The molecule has 1 unspecified atom stereocenters. The molecule has 0 spiro atoms. The van der Waals surface area contributed by atoms with Crippen LogP contribution in [0.15, 0.2) is 0 Å². The summed E-state index contributed by atoms with van der Waals surface area (Å²) in [4.78, 5) is 0. The summed E-state index contributed by atoms with van der Waals surface area (Å²) in [6.45, 7) is 2.97. The SMILES string of the molecule is CCCCOC1CCC1(OC)OC. The van der Waals surface area contributed by atoms with Gasteiger partial charge in [-0.15, -0.1) is 0 Å². The highest BCUT2D eigenvalue weighted by atomic mass is 16.7. The molecule has 1 fully saturated rings. The van der Waals surface area contributed by atoms with Gasteiger partial charge in [-0.1, -0.05) is 13.3 Å². The first-order valence-corrected chi connectivity index (χ1v) is 5.01. The van der Waals surface area contributed by atoms with Crippen LogP contribution in [-0.4, -0.2) is 32.7 Å². The molecule has 0 bridgehead atoms. The zero-order chi connectivity index (χ0) is 9.73. The number of rotatable bonds is 6. The molecule has 0 amide bonds. The van der Waals surface area contributed by atoms with Crippen LogP contribution in [-0.2, 0) is 14.2 Å². The maximum Gasteiger partial charge on any atom is 0.194 e. The molecule has 1 aliphatic rings. The predicted octanol–water partition coefficient (Wildman–Crippen LogP) is 1.95. The Labute approximate surface area is 80.4 Å². The quantitative estimate of drug-likeness (QED) is 0.471.